The maximum absolute atomic E-state index is 4.92. The highest BCUT2D eigenvalue weighted by Crippen LogP contribution is 2.35. The lowest BCUT2D eigenvalue weighted by Gasteiger charge is -2.16. The molecule has 178 valence electrons. The highest BCUT2D eigenvalue weighted by atomic mass is 14.8. The first-order valence-corrected chi connectivity index (χ1v) is 12.5. The molecule has 34 heavy (non-hydrogen) atoms. The molecule has 3 rings (SSSR count). The average molecular weight is 454 g/mol. The predicted octanol–water partition coefficient (Wildman–Crippen LogP) is 9.08. The van der Waals surface area contributed by atoms with Crippen LogP contribution in [0.25, 0.3) is 0 Å². The van der Waals surface area contributed by atoms with Crippen LogP contribution >= 0.6 is 0 Å². The van der Waals surface area contributed by atoms with Crippen LogP contribution in [0, 0.1) is 0 Å². The summed E-state index contributed by atoms with van der Waals surface area (Å²) in [6.07, 6.45) is 3.76. The first-order chi connectivity index (χ1) is 16.2. The van der Waals surface area contributed by atoms with Crippen LogP contribution in [-0.4, -0.2) is 17.4 Å². The van der Waals surface area contributed by atoms with Crippen molar-refractivity contribution in [2.75, 3.05) is 0 Å². The lowest BCUT2D eigenvalue weighted by Crippen LogP contribution is -1.98. The van der Waals surface area contributed by atoms with Gasteiger partial charge in [0.25, 0.3) is 0 Å². The molecule has 0 fully saturated rings. The number of aliphatic imine (C=N–C) groups is 2. The van der Waals surface area contributed by atoms with Crippen molar-refractivity contribution in [3.8, 4) is 0 Å². The van der Waals surface area contributed by atoms with Crippen molar-refractivity contribution < 1.29 is 0 Å². The maximum atomic E-state index is 4.92. The summed E-state index contributed by atoms with van der Waals surface area (Å²) in [6.45, 7) is 17.7. The minimum absolute atomic E-state index is 0.411. The summed E-state index contributed by atoms with van der Waals surface area (Å²) in [5.41, 5.74) is 8.88. The number of aromatic nitrogens is 1. The fourth-order valence-electron chi connectivity index (χ4n) is 4.20. The summed E-state index contributed by atoms with van der Waals surface area (Å²) < 4.78 is 0. The van der Waals surface area contributed by atoms with E-state index in [9.17, 15) is 0 Å². The first-order valence-electron chi connectivity index (χ1n) is 12.5. The van der Waals surface area contributed by atoms with Crippen LogP contribution in [0.2, 0.25) is 0 Å². The molecule has 0 saturated heterocycles. The van der Waals surface area contributed by atoms with Gasteiger partial charge in [-0.15, -0.1) is 0 Å². The zero-order valence-corrected chi connectivity index (χ0v) is 22.0. The fraction of sp³-hybridized carbons (Fsp3) is 0.387. The second-order valence-electron chi connectivity index (χ2n) is 10.2. The van der Waals surface area contributed by atoms with E-state index < -0.39 is 0 Å². The van der Waals surface area contributed by atoms with Gasteiger partial charge in [-0.1, -0.05) is 97.9 Å². The molecule has 0 radical (unpaired) electrons. The Morgan fingerprint density at radius 3 is 1.09 bits per heavy atom. The third-order valence-corrected chi connectivity index (χ3v) is 6.13. The molecule has 0 amide bonds. The van der Waals surface area contributed by atoms with Crippen molar-refractivity contribution in [3.05, 3.63) is 88.2 Å². The van der Waals surface area contributed by atoms with Gasteiger partial charge < -0.3 is 0 Å². The molecule has 0 aliphatic rings. The van der Waals surface area contributed by atoms with E-state index in [1.54, 1.807) is 0 Å². The van der Waals surface area contributed by atoms with Crippen LogP contribution in [0.4, 0.5) is 11.4 Å². The summed E-state index contributed by atoms with van der Waals surface area (Å²) in [6, 6.07) is 19.0. The number of para-hydroxylation sites is 2. The highest BCUT2D eigenvalue weighted by Gasteiger charge is 2.14. The van der Waals surface area contributed by atoms with Crippen molar-refractivity contribution in [3.63, 3.8) is 0 Å². The van der Waals surface area contributed by atoms with E-state index in [-0.39, 0.29) is 0 Å². The number of benzene rings is 2. The van der Waals surface area contributed by atoms with Crippen molar-refractivity contribution in [2.24, 2.45) is 9.98 Å². The number of pyridine rings is 1. The van der Waals surface area contributed by atoms with Gasteiger partial charge in [0, 0.05) is 0 Å². The minimum Gasteiger partial charge on any atom is -0.254 e. The van der Waals surface area contributed by atoms with Gasteiger partial charge in [0.15, 0.2) is 0 Å². The topological polar surface area (TPSA) is 37.6 Å². The smallest absolute Gasteiger partial charge is 0.0820 e. The molecule has 0 bridgehead atoms. The molecule has 2 aromatic carbocycles. The summed E-state index contributed by atoms with van der Waals surface area (Å²) in [5, 5.41) is 0. The Morgan fingerprint density at radius 2 is 0.794 bits per heavy atom. The zero-order valence-electron chi connectivity index (χ0n) is 22.0. The molecule has 0 atom stereocenters. The van der Waals surface area contributed by atoms with Crippen molar-refractivity contribution in [2.45, 2.75) is 79.1 Å². The van der Waals surface area contributed by atoms with E-state index in [1.165, 1.54) is 22.3 Å². The summed E-state index contributed by atoms with van der Waals surface area (Å²) in [7, 11) is 0. The predicted molar refractivity (Wildman–Crippen MR) is 148 cm³/mol. The minimum atomic E-state index is 0.411. The third kappa shape index (κ3) is 6.08. The van der Waals surface area contributed by atoms with E-state index in [0.717, 1.165) is 22.8 Å². The van der Waals surface area contributed by atoms with Crippen LogP contribution in [0.3, 0.4) is 0 Å². The average Bonchev–Trinajstić information content (AvgIpc) is 2.80. The highest BCUT2D eigenvalue weighted by molar-refractivity contribution is 5.85. The van der Waals surface area contributed by atoms with Gasteiger partial charge in [-0.25, -0.2) is 4.98 Å². The zero-order chi connectivity index (χ0) is 24.8. The Morgan fingerprint density at radius 1 is 0.500 bits per heavy atom. The van der Waals surface area contributed by atoms with Gasteiger partial charge in [-0.3, -0.25) is 9.98 Å². The second kappa shape index (κ2) is 11.4. The molecule has 1 aromatic heterocycles. The number of nitrogens with zero attached hydrogens (tertiary/aromatic N) is 3. The normalized spacial score (nSPS) is 12.4. The fourth-order valence-corrected chi connectivity index (χ4v) is 4.20. The molecule has 0 spiro atoms. The molecular formula is C31H39N3. The molecular weight excluding hydrogens is 414 g/mol. The van der Waals surface area contributed by atoms with Crippen LogP contribution in [-0.2, 0) is 0 Å². The standard InChI is InChI=1S/C31H39N3/c1-20(2)26-14-10-15-27(21(3)4)30(26)32-18-24-12-9-13-25(34-24)19-33-31-28(22(5)6)16-11-17-29(31)23(7)8/h9-23H,1-8H3/b32-18+,33-19+. The Kier molecular flexibility index (Phi) is 8.55. The lowest BCUT2D eigenvalue weighted by atomic mass is 9.93. The molecule has 0 aliphatic carbocycles. The van der Waals surface area contributed by atoms with E-state index in [2.05, 4.69) is 91.8 Å². The van der Waals surface area contributed by atoms with Crippen LogP contribution in [0.1, 0.15) is 113 Å². The largest absolute Gasteiger partial charge is 0.254 e. The van der Waals surface area contributed by atoms with E-state index in [1.807, 2.05) is 30.6 Å². The monoisotopic (exact) mass is 453 g/mol. The molecule has 3 aromatic rings. The van der Waals surface area contributed by atoms with Gasteiger partial charge >= 0.3 is 0 Å². The molecule has 0 unspecified atom stereocenters. The van der Waals surface area contributed by atoms with Crippen molar-refractivity contribution in [1.82, 2.24) is 4.98 Å². The van der Waals surface area contributed by atoms with Gasteiger partial charge in [0.1, 0.15) is 0 Å². The van der Waals surface area contributed by atoms with Crippen molar-refractivity contribution >= 4 is 23.8 Å². The molecule has 0 saturated carbocycles. The lowest BCUT2D eigenvalue weighted by molar-refractivity contribution is 0.835. The Balaban J connectivity index is 1.96. The van der Waals surface area contributed by atoms with Crippen LogP contribution in [0.5, 0.6) is 0 Å². The summed E-state index contributed by atoms with van der Waals surface area (Å²) >= 11 is 0. The van der Waals surface area contributed by atoms with Gasteiger partial charge in [0.2, 0.25) is 0 Å². The Bertz CT molecular complexity index is 1030. The van der Waals surface area contributed by atoms with E-state index in [4.69, 9.17) is 15.0 Å². The molecule has 1 heterocycles. The Labute approximate surface area is 206 Å². The van der Waals surface area contributed by atoms with Crippen LogP contribution < -0.4 is 0 Å². The third-order valence-electron chi connectivity index (χ3n) is 6.13. The maximum Gasteiger partial charge on any atom is 0.0820 e. The van der Waals surface area contributed by atoms with Crippen LogP contribution in [0.15, 0.2) is 64.6 Å². The van der Waals surface area contributed by atoms with Gasteiger partial charge in [-0.2, -0.15) is 0 Å². The number of hydrogen-bond donors (Lipinski definition) is 0. The summed E-state index contributed by atoms with van der Waals surface area (Å²) in [4.78, 5) is 14.6. The number of hydrogen-bond acceptors (Lipinski definition) is 3. The second-order valence-corrected chi connectivity index (χ2v) is 10.2. The van der Waals surface area contributed by atoms with E-state index >= 15 is 0 Å². The Hall–Kier alpha value is -3.07. The quantitative estimate of drug-likeness (QED) is 0.313. The first kappa shape index (κ1) is 25.6. The van der Waals surface area contributed by atoms with Crippen molar-refractivity contribution in [1.29, 1.82) is 0 Å². The van der Waals surface area contributed by atoms with Gasteiger partial charge in [0.05, 0.1) is 35.2 Å². The molecule has 3 nitrogen and oxygen atoms in total. The van der Waals surface area contributed by atoms with Gasteiger partial charge in [-0.05, 0) is 58.1 Å². The molecule has 3 heteroatoms. The summed E-state index contributed by atoms with van der Waals surface area (Å²) in [5.74, 6) is 1.64. The van der Waals surface area contributed by atoms with E-state index in [0.29, 0.717) is 23.7 Å². The molecule has 0 aliphatic heterocycles. The SMILES string of the molecule is CC(C)c1cccc(C(C)C)c1/N=C/c1cccc(/C=N/c2c(C(C)C)cccc2C(C)C)n1. The molecule has 0 N–H and O–H groups in total. The number of rotatable bonds is 8.